The van der Waals surface area contributed by atoms with Crippen molar-refractivity contribution in [1.82, 2.24) is 4.90 Å². The second-order valence-electron chi connectivity index (χ2n) is 17.4. The molecule has 294 valence electrons. The number of anilines is 1. The number of aryl methyl sites for hydroxylation is 1. The zero-order valence-corrected chi connectivity index (χ0v) is 34.2. The largest absolute Gasteiger partial charge is 0.457 e. The first-order valence-electron chi connectivity index (χ1n) is 19.8. The molecule has 0 saturated heterocycles. The van der Waals surface area contributed by atoms with Crippen LogP contribution in [-0.4, -0.2) is 35.6 Å². The smallest absolute Gasteiger partial charge is 0.266 e. The lowest BCUT2D eigenvalue weighted by Crippen LogP contribution is -2.29. The molecule has 0 N–H and O–H groups in total. The van der Waals surface area contributed by atoms with E-state index < -0.39 is 0 Å². The van der Waals surface area contributed by atoms with Gasteiger partial charge in [0.1, 0.15) is 23.0 Å². The summed E-state index contributed by atoms with van der Waals surface area (Å²) in [5.74, 6) is 0.752. The van der Waals surface area contributed by atoms with E-state index in [1.54, 1.807) is 36.4 Å². The molecular formula is C51H44N2O6. The maximum absolute atomic E-state index is 13.8. The summed E-state index contributed by atoms with van der Waals surface area (Å²) >= 11 is 0. The van der Waals surface area contributed by atoms with Gasteiger partial charge in [0.05, 0.1) is 27.9 Å². The molecule has 59 heavy (non-hydrogen) atoms. The molecule has 0 saturated carbocycles. The first-order valence-corrected chi connectivity index (χ1v) is 19.8. The van der Waals surface area contributed by atoms with E-state index in [4.69, 9.17) is 9.47 Å². The van der Waals surface area contributed by atoms with Crippen molar-refractivity contribution in [3.63, 3.8) is 0 Å². The molecule has 0 spiro atoms. The molecule has 3 aliphatic rings. The van der Waals surface area contributed by atoms with Crippen LogP contribution in [0.3, 0.4) is 0 Å². The summed E-state index contributed by atoms with van der Waals surface area (Å²) in [6, 6.07) is 40.1. The number of carbonyl (C=O) groups is 4. The fraction of sp³-hybridized carbons (Fsp3) is 0.216. The van der Waals surface area contributed by atoms with Crippen LogP contribution in [0.5, 0.6) is 23.0 Å². The van der Waals surface area contributed by atoms with Crippen LogP contribution in [0.1, 0.15) is 116 Å². The lowest BCUT2D eigenvalue weighted by Gasteiger charge is -2.29. The van der Waals surface area contributed by atoms with Crippen LogP contribution in [0.15, 0.2) is 127 Å². The Kier molecular flexibility index (Phi) is 8.56. The van der Waals surface area contributed by atoms with Gasteiger partial charge in [-0.1, -0.05) is 94.8 Å². The molecule has 8 heteroatoms. The van der Waals surface area contributed by atoms with Crippen molar-refractivity contribution >= 4 is 29.3 Å². The van der Waals surface area contributed by atoms with Crippen molar-refractivity contribution in [1.29, 1.82) is 0 Å². The Morgan fingerprint density at radius 2 is 1.00 bits per heavy atom. The molecule has 1 atom stereocenters. The van der Waals surface area contributed by atoms with E-state index in [0.717, 1.165) is 28.0 Å². The highest BCUT2D eigenvalue weighted by atomic mass is 16.5. The molecule has 8 nitrogen and oxygen atoms in total. The summed E-state index contributed by atoms with van der Waals surface area (Å²) < 4.78 is 12.3. The molecule has 1 aliphatic carbocycles. The van der Waals surface area contributed by atoms with E-state index in [-0.39, 0.29) is 39.9 Å². The Bertz CT molecular complexity index is 2750. The Balaban J connectivity index is 0.871. The normalized spacial score (nSPS) is 17.9. The average molecular weight is 781 g/mol. The fourth-order valence-electron chi connectivity index (χ4n) is 9.25. The van der Waals surface area contributed by atoms with Gasteiger partial charge in [-0.05, 0) is 119 Å². The molecule has 2 heterocycles. The highest BCUT2D eigenvalue weighted by Crippen LogP contribution is 2.53. The number of carbonyl (C=O) groups excluding carboxylic acids is 4. The minimum atomic E-state index is -0.377. The monoisotopic (exact) mass is 780 g/mol. The van der Waals surface area contributed by atoms with Crippen LogP contribution in [0.25, 0.3) is 0 Å². The third-order valence-electron chi connectivity index (χ3n) is 12.6. The second-order valence-corrected chi connectivity index (χ2v) is 17.4. The van der Waals surface area contributed by atoms with Gasteiger partial charge in [-0.25, -0.2) is 4.90 Å². The summed E-state index contributed by atoms with van der Waals surface area (Å²) in [5, 5.41) is 0. The highest BCUT2D eigenvalue weighted by molar-refractivity contribution is 6.34. The van der Waals surface area contributed by atoms with E-state index in [9.17, 15) is 19.2 Å². The Labute approximate surface area is 344 Å². The minimum Gasteiger partial charge on any atom is -0.457 e. The van der Waals surface area contributed by atoms with E-state index in [2.05, 4.69) is 71.9 Å². The van der Waals surface area contributed by atoms with Crippen molar-refractivity contribution in [2.45, 2.75) is 64.2 Å². The quantitative estimate of drug-likeness (QED) is 0.143. The number of ether oxygens (including phenoxy) is 2. The topological polar surface area (TPSA) is 93.2 Å². The number of hydrogen-bond acceptors (Lipinski definition) is 6. The first kappa shape index (κ1) is 37.8. The maximum Gasteiger partial charge on any atom is 0.266 e. The van der Waals surface area contributed by atoms with Crippen molar-refractivity contribution in [2.24, 2.45) is 0 Å². The van der Waals surface area contributed by atoms with Gasteiger partial charge in [-0.2, -0.15) is 0 Å². The standard InChI is InChI=1S/C51H44N2O6/c1-30-8-25-43-44(26-30)51(6,29-49(43,2)3)33-9-15-34(16-10-33)53-47(56)40-24-22-38(28-42(40)48(53)57)59-36-19-13-32(14-20-36)50(4,5)31-11-17-35(18-12-31)58-37-21-23-39-41(27-37)46(55)52(7)45(39)54/h8-28H,29H2,1-7H3. The van der Waals surface area contributed by atoms with Crippen LogP contribution < -0.4 is 14.4 Å². The number of rotatable bonds is 8. The molecule has 9 rings (SSSR count). The summed E-state index contributed by atoms with van der Waals surface area (Å²) in [5.41, 5.74) is 8.60. The van der Waals surface area contributed by atoms with E-state index in [1.807, 2.05) is 60.7 Å². The second kappa shape index (κ2) is 13.4. The molecule has 0 aromatic heterocycles. The molecule has 4 amide bonds. The van der Waals surface area contributed by atoms with Crippen LogP contribution in [0, 0.1) is 6.92 Å². The van der Waals surface area contributed by atoms with Crippen molar-refractivity contribution in [2.75, 3.05) is 11.9 Å². The van der Waals surface area contributed by atoms with Gasteiger partial charge in [0, 0.05) is 17.9 Å². The third-order valence-corrected chi connectivity index (χ3v) is 12.6. The van der Waals surface area contributed by atoms with Gasteiger partial charge < -0.3 is 9.47 Å². The Hall–Kier alpha value is -6.80. The molecule has 0 fully saturated rings. The van der Waals surface area contributed by atoms with E-state index in [0.29, 0.717) is 50.9 Å². The SMILES string of the molecule is Cc1ccc2c(c1)C(C)(c1ccc(N3C(=O)c4ccc(Oc5ccc(C(C)(C)c6ccc(Oc7ccc8c(c7)C(=O)N(C)C8=O)cc6)cc5)cc4C3=O)cc1)CC2(C)C. The lowest BCUT2D eigenvalue weighted by molar-refractivity contribution is 0.0692. The zero-order valence-electron chi connectivity index (χ0n) is 34.2. The minimum absolute atomic E-state index is 0.0290. The van der Waals surface area contributed by atoms with Crippen LogP contribution in [0.2, 0.25) is 0 Å². The van der Waals surface area contributed by atoms with Gasteiger partial charge in [0.2, 0.25) is 0 Å². The van der Waals surface area contributed by atoms with Crippen molar-refractivity contribution < 1.29 is 28.7 Å². The number of amides is 4. The average Bonchev–Trinajstić information content (AvgIpc) is 3.69. The van der Waals surface area contributed by atoms with Crippen LogP contribution in [-0.2, 0) is 16.2 Å². The third kappa shape index (κ3) is 6.13. The van der Waals surface area contributed by atoms with Gasteiger partial charge >= 0.3 is 0 Å². The number of hydrogen-bond donors (Lipinski definition) is 0. The lowest BCUT2D eigenvalue weighted by atomic mass is 9.75. The number of nitrogens with zero attached hydrogens (tertiary/aromatic N) is 2. The van der Waals surface area contributed by atoms with Crippen molar-refractivity contribution in [3.05, 3.63) is 183 Å². The maximum atomic E-state index is 13.8. The molecule has 0 radical (unpaired) electrons. The predicted octanol–water partition coefficient (Wildman–Crippen LogP) is 10.9. The van der Waals surface area contributed by atoms with Crippen molar-refractivity contribution in [3.8, 4) is 23.0 Å². The van der Waals surface area contributed by atoms with Gasteiger partial charge in [-0.3, -0.25) is 24.1 Å². The van der Waals surface area contributed by atoms with Gasteiger partial charge in [0.25, 0.3) is 23.6 Å². The summed E-state index contributed by atoms with van der Waals surface area (Å²) in [6.07, 6.45) is 0.964. The van der Waals surface area contributed by atoms with E-state index in [1.165, 1.54) is 28.6 Å². The molecule has 2 aliphatic heterocycles. The summed E-state index contributed by atoms with van der Waals surface area (Å²) in [4.78, 5) is 54.5. The predicted molar refractivity (Wildman–Crippen MR) is 227 cm³/mol. The summed E-state index contributed by atoms with van der Waals surface area (Å²) in [7, 11) is 1.47. The molecule has 6 aromatic carbocycles. The Morgan fingerprint density at radius 1 is 0.525 bits per heavy atom. The van der Waals surface area contributed by atoms with Gasteiger partial charge in [0.15, 0.2) is 0 Å². The molecule has 0 bridgehead atoms. The number of fused-ring (bicyclic) bond motifs is 3. The highest BCUT2D eigenvalue weighted by Gasteiger charge is 2.46. The zero-order chi connectivity index (χ0) is 41.6. The van der Waals surface area contributed by atoms with Gasteiger partial charge in [-0.15, -0.1) is 0 Å². The fourth-order valence-corrected chi connectivity index (χ4v) is 9.25. The van der Waals surface area contributed by atoms with Crippen LogP contribution >= 0.6 is 0 Å². The number of benzene rings is 6. The molecule has 6 aromatic rings. The number of imide groups is 2. The molecule has 1 unspecified atom stereocenters. The molecular weight excluding hydrogens is 737 g/mol. The van der Waals surface area contributed by atoms with Crippen LogP contribution in [0.4, 0.5) is 5.69 Å². The Morgan fingerprint density at radius 3 is 1.56 bits per heavy atom. The summed E-state index contributed by atoms with van der Waals surface area (Å²) in [6.45, 7) is 13.3. The first-order chi connectivity index (χ1) is 28.0. The van der Waals surface area contributed by atoms with E-state index >= 15 is 0 Å².